The monoisotopic (exact) mass is 391 g/mol. The lowest BCUT2D eigenvalue weighted by Crippen LogP contribution is -2.54. The Hall–Kier alpha value is -1.79. The maximum absolute atomic E-state index is 12.6. The molecule has 27 heavy (non-hydrogen) atoms. The summed E-state index contributed by atoms with van der Waals surface area (Å²) in [5, 5.41) is 4.20. The van der Waals surface area contributed by atoms with E-state index in [0.29, 0.717) is 17.4 Å². The van der Waals surface area contributed by atoms with Crippen molar-refractivity contribution >= 4 is 23.5 Å². The molecule has 1 amide bonds. The Morgan fingerprint density at radius 2 is 1.96 bits per heavy atom. The number of nitrogens with zero attached hydrogens (tertiary/aromatic N) is 4. The van der Waals surface area contributed by atoms with E-state index in [2.05, 4.69) is 27.2 Å². The molecule has 2 saturated heterocycles. The van der Waals surface area contributed by atoms with Crippen LogP contribution in [0.1, 0.15) is 12.0 Å². The standard InChI is InChI=1S/C20H30ClN5O/c1-22-20(23-14-17-6-7-24(2)15-17)26-10-8-25(9-11-26)19(27)13-16-4-3-5-18(21)12-16/h3-5,12,17H,6-11,13-15H2,1-2H3,(H,22,23). The van der Waals surface area contributed by atoms with Crippen molar-refractivity contribution in [2.24, 2.45) is 10.9 Å². The normalized spacial score (nSPS) is 21.6. The summed E-state index contributed by atoms with van der Waals surface area (Å²) in [6.07, 6.45) is 1.65. The Morgan fingerprint density at radius 3 is 2.59 bits per heavy atom. The highest BCUT2D eigenvalue weighted by Gasteiger charge is 2.24. The van der Waals surface area contributed by atoms with E-state index in [-0.39, 0.29) is 5.91 Å². The second kappa shape index (κ2) is 9.42. The quantitative estimate of drug-likeness (QED) is 0.625. The lowest BCUT2D eigenvalue weighted by Gasteiger charge is -2.36. The van der Waals surface area contributed by atoms with Gasteiger partial charge in [-0.1, -0.05) is 23.7 Å². The van der Waals surface area contributed by atoms with Crippen molar-refractivity contribution in [2.75, 3.05) is 59.9 Å². The number of guanidine groups is 1. The first-order valence-electron chi connectivity index (χ1n) is 9.71. The summed E-state index contributed by atoms with van der Waals surface area (Å²) in [5.41, 5.74) is 0.967. The van der Waals surface area contributed by atoms with Gasteiger partial charge in [0.15, 0.2) is 5.96 Å². The highest BCUT2D eigenvalue weighted by atomic mass is 35.5. The summed E-state index contributed by atoms with van der Waals surface area (Å²) in [4.78, 5) is 23.6. The van der Waals surface area contributed by atoms with Gasteiger partial charge >= 0.3 is 0 Å². The van der Waals surface area contributed by atoms with Crippen LogP contribution in [0, 0.1) is 5.92 Å². The van der Waals surface area contributed by atoms with Gasteiger partial charge in [-0.2, -0.15) is 0 Å². The molecule has 2 aliphatic rings. The number of rotatable bonds is 4. The molecule has 3 rings (SSSR count). The summed E-state index contributed by atoms with van der Waals surface area (Å²) in [6, 6.07) is 7.53. The lowest BCUT2D eigenvalue weighted by atomic mass is 10.1. The minimum Gasteiger partial charge on any atom is -0.356 e. The number of carbonyl (C=O) groups is 1. The molecule has 2 aliphatic heterocycles. The molecule has 6 nitrogen and oxygen atoms in total. The van der Waals surface area contributed by atoms with E-state index < -0.39 is 0 Å². The van der Waals surface area contributed by atoms with Crippen LogP contribution in [0.15, 0.2) is 29.3 Å². The lowest BCUT2D eigenvalue weighted by molar-refractivity contribution is -0.131. The predicted molar refractivity (Wildman–Crippen MR) is 110 cm³/mol. The van der Waals surface area contributed by atoms with Crippen LogP contribution in [0.3, 0.4) is 0 Å². The zero-order chi connectivity index (χ0) is 19.2. The van der Waals surface area contributed by atoms with Crippen LogP contribution >= 0.6 is 11.6 Å². The fourth-order valence-corrected chi connectivity index (χ4v) is 4.07. The van der Waals surface area contributed by atoms with E-state index in [1.54, 1.807) is 0 Å². The van der Waals surface area contributed by atoms with Crippen LogP contribution in [0.2, 0.25) is 5.02 Å². The van der Waals surface area contributed by atoms with Gasteiger partial charge in [0.25, 0.3) is 0 Å². The second-order valence-electron chi connectivity index (χ2n) is 7.52. The van der Waals surface area contributed by atoms with Crippen LogP contribution in [-0.4, -0.2) is 86.5 Å². The molecule has 148 valence electrons. The van der Waals surface area contributed by atoms with Gasteiger partial charge in [-0.25, -0.2) is 0 Å². The average Bonchev–Trinajstić information content (AvgIpc) is 3.08. The minimum absolute atomic E-state index is 0.161. The van der Waals surface area contributed by atoms with Gasteiger partial charge in [0.05, 0.1) is 6.42 Å². The third-order valence-electron chi connectivity index (χ3n) is 5.43. The summed E-state index contributed by atoms with van der Waals surface area (Å²) in [6.45, 7) is 6.37. The van der Waals surface area contributed by atoms with Crippen molar-refractivity contribution in [3.05, 3.63) is 34.9 Å². The van der Waals surface area contributed by atoms with Crippen molar-refractivity contribution in [2.45, 2.75) is 12.8 Å². The molecule has 1 N–H and O–H groups in total. The van der Waals surface area contributed by atoms with Crippen LogP contribution in [0.5, 0.6) is 0 Å². The molecular formula is C20H30ClN5O. The summed E-state index contributed by atoms with van der Waals surface area (Å²) in [5.74, 6) is 1.80. The Labute approximate surface area is 167 Å². The molecule has 0 saturated carbocycles. The van der Waals surface area contributed by atoms with E-state index in [9.17, 15) is 4.79 Å². The van der Waals surface area contributed by atoms with E-state index in [0.717, 1.165) is 50.8 Å². The van der Waals surface area contributed by atoms with Crippen molar-refractivity contribution in [1.29, 1.82) is 0 Å². The summed E-state index contributed by atoms with van der Waals surface area (Å²) < 4.78 is 0. The molecular weight excluding hydrogens is 362 g/mol. The molecule has 0 aromatic heterocycles. The highest BCUT2D eigenvalue weighted by molar-refractivity contribution is 6.30. The number of amides is 1. The molecule has 2 fully saturated rings. The number of aliphatic imine (C=N–C) groups is 1. The summed E-state index contributed by atoms with van der Waals surface area (Å²) >= 11 is 6.01. The van der Waals surface area contributed by atoms with Crippen LogP contribution in [0.25, 0.3) is 0 Å². The number of likely N-dealkylation sites (tertiary alicyclic amines) is 1. The summed E-state index contributed by atoms with van der Waals surface area (Å²) in [7, 11) is 4.01. The molecule has 0 radical (unpaired) electrons. The van der Waals surface area contributed by atoms with Crippen molar-refractivity contribution < 1.29 is 4.79 Å². The Bertz CT molecular complexity index is 672. The molecule has 0 spiro atoms. The predicted octanol–water partition coefficient (Wildman–Crippen LogP) is 1.55. The van der Waals surface area contributed by atoms with Gasteiger partial charge in [-0.05, 0) is 43.6 Å². The fourth-order valence-electron chi connectivity index (χ4n) is 3.86. The number of piperazine rings is 1. The number of carbonyl (C=O) groups excluding carboxylic acids is 1. The topological polar surface area (TPSA) is 51.2 Å². The van der Waals surface area contributed by atoms with Gasteiger partial charge in [-0.15, -0.1) is 0 Å². The molecule has 1 aromatic carbocycles. The Balaban J connectivity index is 1.45. The first-order chi connectivity index (χ1) is 13.0. The SMILES string of the molecule is CN=C(NCC1CCN(C)C1)N1CCN(C(=O)Cc2cccc(Cl)c2)CC1. The largest absolute Gasteiger partial charge is 0.356 e. The zero-order valence-corrected chi connectivity index (χ0v) is 17.1. The van der Waals surface area contributed by atoms with Gasteiger partial charge in [0.1, 0.15) is 0 Å². The maximum atomic E-state index is 12.6. The van der Waals surface area contributed by atoms with Crippen LogP contribution in [-0.2, 0) is 11.2 Å². The number of benzene rings is 1. The van der Waals surface area contributed by atoms with Crippen molar-refractivity contribution in [3.63, 3.8) is 0 Å². The first-order valence-corrected chi connectivity index (χ1v) is 10.1. The van der Waals surface area contributed by atoms with E-state index in [4.69, 9.17) is 11.6 Å². The first kappa shape index (κ1) is 20.0. The third-order valence-corrected chi connectivity index (χ3v) is 5.66. The van der Waals surface area contributed by atoms with Crippen molar-refractivity contribution in [3.8, 4) is 0 Å². The molecule has 2 heterocycles. The molecule has 0 bridgehead atoms. The zero-order valence-electron chi connectivity index (χ0n) is 16.3. The molecule has 1 atom stereocenters. The molecule has 1 unspecified atom stereocenters. The van der Waals surface area contributed by atoms with Gasteiger partial charge in [0.2, 0.25) is 5.91 Å². The Morgan fingerprint density at radius 1 is 1.22 bits per heavy atom. The highest BCUT2D eigenvalue weighted by Crippen LogP contribution is 2.14. The van der Waals surface area contributed by atoms with Crippen LogP contribution in [0.4, 0.5) is 0 Å². The number of hydrogen-bond donors (Lipinski definition) is 1. The van der Waals surface area contributed by atoms with E-state index in [1.165, 1.54) is 13.0 Å². The second-order valence-corrected chi connectivity index (χ2v) is 7.96. The average molecular weight is 392 g/mol. The number of nitrogens with one attached hydrogen (secondary N) is 1. The Kier molecular flexibility index (Phi) is 6.96. The van der Waals surface area contributed by atoms with E-state index in [1.807, 2.05) is 36.2 Å². The van der Waals surface area contributed by atoms with E-state index >= 15 is 0 Å². The molecule has 7 heteroatoms. The maximum Gasteiger partial charge on any atom is 0.227 e. The fraction of sp³-hybridized carbons (Fsp3) is 0.600. The number of hydrogen-bond acceptors (Lipinski definition) is 3. The molecule has 0 aliphatic carbocycles. The van der Waals surface area contributed by atoms with Gasteiger partial charge in [0, 0.05) is 51.3 Å². The number of halogens is 1. The van der Waals surface area contributed by atoms with Crippen molar-refractivity contribution in [1.82, 2.24) is 20.0 Å². The minimum atomic E-state index is 0.161. The van der Waals surface area contributed by atoms with Gasteiger partial charge < -0.3 is 20.0 Å². The van der Waals surface area contributed by atoms with Crippen LogP contribution < -0.4 is 5.32 Å². The third kappa shape index (κ3) is 5.59. The smallest absolute Gasteiger partial charge is 0.227 e. The molecule has 1 aromatic rings. The van der Waals surface area contributed by atoms with Gasteiger partial charge in [-0.3, -0.25) is 9.79 Å².